The van der Waals surface area contributed by atoms with Crippen LogP contribution in [0.4, 0.5) is 5.82 Å². The van der Waals surface area contributed by atoms with Crippen LogP contribution in [-0.2, 0) is 6.54 Å². The summed E-state index contributed by atoms with van der Waals surface area (Å²) in [6.07, 6.45) is 0. The number of hydrogen-bond acceptors (Lipinski definition) is 3. The number of aryl methyl sites for hydroxylation is 1. The van der Waals surface area contributed by atoms with Gasteiger partial charge in [0.15, 0.2) is 5.82 Å². The van der Waals surface area contributed by atoms with E-state index < -0.39 is 0 Å². The van der Waals surface area contributed by atoms with Gasteiger partial charge in [0.2, 0.25) is 0 Å². The van der Waals surface area contributed by atoms with Gasteiger partial charge >= 0.3 is 0 Å². The van der Waals surface area contributed by atoms with Gasteiger partial charge < -0.3 is 5.32 Å². The van der Waals surface area contributed by atoms with Gasteiger partial charge in [0.1, 0.15) is 5.69 Å². The van der Waals surface area contributed by atoms with E-state index in [9.17, 15) is 4.79 Å². The molecule has 2 heterocycles. The quantitative estimate of drug-likeness (QED) is 0.393. The van der Waals surface area contributed by atoms with Crippen molar-refractivity contribution in [3.8, 4) is 11.3 Å². The van der Waals surface area contributed by atoms with Gasteiger partial charge in [-0.3, -0.25) is 14.6 Å². The smallest absolute Gasteiger partial charge is 0.274 e. The summed E-state index contributed by atoms with van der Waals surface area (Å²) in [5.74, 6) is 0.113. The normalized spacial score (nSPS) is 10.9. The van der Waals surface area contributed by atoms with Crippen molar-refractivity contribution < 1.29 is 4.79 Å². The number of benzene rings is 2. The zero-order valence-corrected chi connectivity index (χ0v) is 18.1. The molecule has 0 atom stereocenters. The van der Waals surface area contributed by atoms with Crippen molar-refractivity contribution in [3.63, 3.8) is 0 Å². The van der Waals surface area contributed by atoms with Gasteiger partial charge in [0, 0.05) is 22.3 Å². The van der Waals surface area contributed by atoms with E-state index in [-0.39, 0.29) is 5.91 Å². The van der Waals surface area contributed by atoms with Crippen LogP contribution in [0.25, 0.3) is 11.3 Å². The van der Waals surface area contributed by atoms with E-state index >= 15 is 0 Å². The van der Waals surface area contributed by atoms with Gasteiger partial charge in [0.05, 0.1) is 22.3 Å². The van der Waals surface area contributed by atoms with Gasteiger partial charge in [-0.25, -0.2) is 0 Å². The van der Waals surface area contributed by atoms with Gasteiger partial charge in [-0.05, 0) is 42.8 Å². The molecule has 4 rings (SSSR count). The number of aromatic amines is 1. The van der Waals surface area contributed by atoms with Gasteiger partial charge in [-0.1, -0.05) is 53.0 Å². The van der Waals surface area contributed by atoms with E-state index in [1.165, 1.54) is 0 Å². The Morgan fingerprint density at radius 1 is 1.03 bits per heavy atom. The number of aromatic nitrogens is 4. The maximum absolute atomic E-state index is 12.6. The Labute approximate surface area is 187 Å². The van der Waals surface area contributed by atoms with Crippen molar-refractivity contribution in [1.82, 2.24) is 20.0 Å². The highest BCUT2D eigenvalue weighted by Gasteiger charge is 2.14. The van der Waals surface area contributed by atoms with Crippen LogP contribution >= 0.6 is 34.8 Å². The standard InChI is InChI=1S/C21H16Cl3N5O/c1-12-8-20(28-29(12)11-13-2-7-16(23)17(24)9-13)25-21(30)19-10-18(26-27-19)14-3-5-15(22)6-4-14/h2-10H,11H2,1H3,(H,26,27)(H,25,28,30). The topological polar surface area (TPSA) is 75.6 Å². The molecule has 0 radical (unpaired) electrons. The Kier molecular flexibility index (Phi) is 5.81. The number of carbonyl (C=O) groups is 1. The molecule has 0 saturated carbocycles. The summed E-state index contributed by atoms with van der Waals surface area (Å²) < 4.78 is 1.78. The monoisotopic (exact) mass is 459 g/mol. The third-order valence-corrected chi connectivity index (χ3v) is 5.49. The number of amides is 1. The lowest BCUT2D eigenvalue weighted by Crippen LogP contribution is -2.13. The molecule has 0 unspecified atom stereocenters. The second-order valence-electron chi connectivity index (χ2n) is 6.70. The minimum absolute atomic E-state index is 0.330. The second-order valence-corrected chi connectivity index (χ2v) is 7.96. The van der Waals surface area contributed by atoms with Crippen molar-refractivity contribution >= 4 is 46.5 Å². The molecule has 2 aromatic heterocycles. The van der Waals surface area contributed by atoms with E-state index in [1.54, 1.807) is 41.1 Å². The molecule has 2 aromatic carbocycles. The highest BCUT2D eigenvalue weighted by Crippen LogP contribution is 2.24. The number of anilines is 1. The van der Waals surface area contributed by atoms with Crippen LogP contribution in [0.3, 0.4) is 0 Å². The number of hydrogen-bond donors (Lipinski definition) is 2. The molecule has 0 aliphatic rings. The minimum atomic E-state index is -0.332. The van der Waals surface area contributed by atoms with Crippen molar-refractivity contribution in [2.45, 2.75) is 13.5 Å². The van der Waals surface area contributed by atoms with E-state index in [4.69, 9.17) is 34.8 Å². The molecule has 30 heavy (non-hydrogen) atoms. The van der Waals surface area contributed by atoms with Crippen LogP contribution in [0.1, 0.15) is 21.7 Å². The van der Waals surface area contributed by atoms with Crippen LogP contribution < -0.4 is 5.32 Å². The van der Waals surface area contributed by atoms with Crippen LogP contribution in [0.2, 0.25) is 15.1 Å². The SMILES string of the molecule is Cc1cc(NC(=O)c2cc(-c3ccc(Cl)cc3)n[nH]2)nn1Cc1ccc(Cl)c(Cl)c1. The third kappa shape index (κ3) is 4.51. The van der Waals surface area contributed by atoms with Gasteiger partial charge in [-0.2, -0.15) is 10.2 Å². The first-order valence-corrected chi connectivity index (χ1v) is 10.1. The Morgan fingerprint density at radius 2 is 1.80 bits per heavy atom. The van der Waals surface area contributed by atoms with Crippen LogP contribution in [0.5, 0.6) is 0 Å². The lowest BCUT2D eigenvalue weighted by molar-refractivity contribution is 0.102. The molecule has 0 spiro atoms. The summed E-state index contributed by atoms with van der Waals surface area (Å²) in [5, 5.41) is 15.8. The summed E-state index contributed by atoms with van der Waals surface area (Å²) in [7, 11) is 0. The fourth-order valence-electron chi connectivity index (χ4n) is 2.93. The highest BCUT2D eigenvalue weighted by atomic mass is 35.5. The third-order valence-electron chi connectivity index (χ3n) is 4.50. The Morgan fingerprint density at radius 3 is 2.53 bits per heavy atom. The van der Waals surface area contributed by atoms with E-state index in [1.807, 2.05) is 25.1 Å². The first-order chi connectivity index (χ1) is 14.4. The van der Waals surface area contributed by atoms with Crippen molar-refractivity contribution in [3.05, 3.63) is 86.6 Å². The maximum Gasteiger partial charge on any atom is 0.274 e. The lowest BCUT2D eigenvalue weighted by atomic mass is 10.1. The Balaban J connectivity index is 1.47. The molecule has 2 N–H and O–H groups in total. The van der Waals surface area contributed by atoms with E-state index in [0.717, 1.165) is 16.8 Å². The van der Waals surface area contributed by atoms with Gasteiger partial charge in [0.25, 0.3) is 5.91 Å². The molecule has 9 heteroatoms. The average molecular weight is 461 g/mol. The summed E-state index contributed by atoms with van der Waals surface area (Å²) in [5.41, 5.74) is 3.68. The molecule has 1 amide bonds. The average Bonchev–Trinajstić information content (AvgIpc) is 3.33. The number of rotatable bonds is 5. The van der Waals surface area contributed by atoms with Crippen molar-refractivity contribution in [1.29, 1.82) is 0 Å². The minimum Gasteiger partial charge on any atom is -0.304 e. The van der Waals surface area contributed by atoms with E-state index in [2.05, 4.69) is 20.6 Å². The fraction of sp³-hybridized carbons (Fsp3) is 0.0952. The fourth-order valence-corrected chi connectivity index (χ4v) is 3.38. The zero-order valence-electron chi connectivity index (χ0n) is 15.8. The van der Waals surface area contributed by atoms with E-state index in [0.29, 0.717) is 38.8 Å². The van der Waals surface area contributed by atoms with Crippen LogP contribution in [-0.4, -0.2) is 25.9 Å². The van der Waals surface area contributed by atoms with Crippen LogP contribution in [0.15, 0.2) is 54.6 Å². The van der Waals surface area contributed by atoms with Crippen LogP contribution in [0, 0.1) is 6.92 Å². The lowest BCUT2D eigenvalue weighted by Gasteiger charge is -2.06. The van der Waals surface area contributed by atoms with Crippen molar-refractivity contribution in [2.24, 2.45) is 0 Å². The highest BCUT2D eigenvalue weighted by molar-refractivity contribution is 6.42. The first-order valence-electron chi connectivity index (χ1n) is 9.00. The molecule has 0 saturated heterocycles. The maximum atomic E-state index is 12.6. The van der Waals surface area contributed by atoms with Gasteiger partial charge in [-0.15, -0.1) is 0 Å². The number of nitrogens with zero attached hydrogens (tertiary/aromatic N) is 3. The summed E-state index contributed by atoms with van der Waals surface area (Å²) in [4.78, 5) is 12.6. The summed E-state index contributed by atoms with van der Waals surface area (Å²) >= 11 is 18.0. The number of nitrogens with one attached hydrogen (secondary N) is 2. The molecule has 6 nitrogen and oxygen atoms in total. The largest absolute Gasteiger partial charge is 0.304 e. The molecular formula is C21H16Cl3N5O. The molecule has 152 valence electrons. The number of H-pyrrole nitrogens is 1. The summed E-state index contributed by atoms with van der Waals surface area (Å²) in [6, 6.07) is 16.1. The number of carbonyl (C=O) groups excluding carboxylic acids is 1. The predicted molar refractivity (Wildman–Crippen MR) is 120 cm³/mol. The molecule has 0 aliphatic carbocycles. The zero-order chi connectivity index (χ0) is 21.3. The first kappa shape index (κ1) is 20.5. The molecular weight excluding hydrogens is 445 g/mol. The Bertz CT molecular complexity index is 1210. The number of halogens is 3. The predicted octanol–water partition coefficient (Wildman–Crippen LogP) is 5.84. The second kappa shape index (κ2) is 8.52. The molecule has 0 fully saturated rings. The summed E-state index contributed by atoms with van der Waals surface area (Å²) in [6.45, 7) is 2.42. The molecule has 0 bridgehead atoms. The van der Waals surface area contributed by atoms with Crippen molar-refractivity contribution in [2.75, 3.05) is 5.32 Å². The molecule has 0 aliphatic heterocycles. The molecule has 4 aromatic rings. The Hall–Kier alpha value is -2.80.